The van der Waals surface area contributed by atoms with Gasteiger partial charge in [0.1, 0.15) is 6.54 Å². The largest absolute Gasteiger partial charge is 0.405 e. The standard InChI is InChI=1S/C20H22F3N3O3S/c21-20(22,23)14-24-19(27)16-6-8-18(9-7-16)30(28,29)25-17-10-11-26(13-17)12-15-4-2-1-3-5-15/h1-9,17,25H,10-14H2,(H,24,27). The van der Waals surface area contributed by atoms with E-state index < -0.39 is 28.7 Å². The average molecular weight is 441 g/mol. The Bertz CT molecular complexity index is 964. The number of rotatable bonds is 7. The van der Waals surface area contributed by atoms with Gasteiger partial charge >= 0.3 is 6.18 Å². The topological polar surface area (TPSA) is 78.5 Å². The Kier molecular flexibility index (Phi) is 6.79. The lowest BCUT2D eigenvalue weighted by Gasteiger charge is -2.17. The highest BCUT2D eigenvalue weighted by molar-refractivity contribution is 7.89. The van der Waals surface area contributed by atoms with Gasteiger partial charge in [-0.05, 0) is 36.2 Å². The van der Waals surface area contributed by atoms with E-state index in [4.69, 9.17) is 0 Å². The number of halogens is 3. The van der Waals surface area contributed by atoms with Crippen LogP contribution in [0.25, 0.3) is 0 Å². The molecule has 1 atom stereocenters. The van der Waals surface area contributed by atoms with Crippen molar-refractivity contribution in [2.24, 2.45) is 0 Å². The van der Waals surface area contributed by atoms with Crippen molar-refractivity contribution in [2.45, 2.75) is 30.1 Å². The monoisotopic (exact) mass is 441 g/mol. The molecule has 1 heterocycles. The van der Waals surface area contributed by atoms with Crippen LogP contribution in [0.4, 0.5) is 13.2 Å². The number of alkyl halides is 3. The van der Waals surface area contributed by atoms with Crippen LogP contribution in [0.15, 0.2) is 59.5 Å². The van der Waals surface area contributed by atoms with Crippen LogP contribution in [0.3, 0.4) is 0 Å². The molecule has 0 spiro atoms. The van der Waals surface area contributed by atoms with Crippen LogP contribution in [0.5, 0.6) is 0 Å². The minimum absolute atomic E-state index is 0.0450. The lowest BCUT2D eigenvalue weighted by atomic mass is 10.2. The zero-order valence-electron chi connectivity index (χ0n) is 16.0. The van der Waals surface area contributed by atoms with Crippen LogP contribution in [-0.2, 0) is 16.6 Å². The number of benzene rings is 2. The zero-order valence-corrected chi connectivity index (χ0v) is 16.8. The highest BCUT2D eigenvalue weighted by Crippen LogP contribution is 2.18. The van der Waals surface area contributed by atoms with Gasteiger partial charge in [0, 0.05) is 31.2 Å². The molecule has 10 heteroatoms. The molecule has 1 aliphatic heterocycles. The summed E-state index contributed by atoms with van der Waals surface area (Å²) in [5, 5.41) is 1.75. The maximum Gasteiger partial charge on any atom is 0.405 e. The number of hydrogen-bond donors (Lipinski definition) is 2. The Hall–Kier alpha value is -2.43. The molecule has 1 amide bonds. The summed E-state index contributed by atoms with van der Waals surface area (Å²) in [5.74, 6) is -0.920. The maximum absolute atomic E-state index is 12.6. The van der Waals surface area contributed by atoms with E-state index in [0.29, 0.717) is 13.0 Å². The third-order valence-corrected chi connectivity index (χ3v) is 6.26. The third-order valence-electron chi connectivity index (χ3n) is 4.72. The lowest BCUT2D eigenvalue weighted by molar-refractivity contribution is -0.123. The van der Waals surface area contributed by atoms with Crippen LogP contribution < -0.4 is 10.0 Å². The van der Waals surface area contributed by atoms with E-state index in [1.54, 1.807) is 5.32 Å². The van der Waals surface area contributed by atoms with Gasteiger partial charge in [0.05, 0.1) is 4.90 Å². The fraction of sp³-hybridized carbons (Fsp3) is 0.350. The summed E-state index contributed by atoms with van der Waals surface area (Å²) in [6.07, 6.45) is -3.84. The highest BCUT2D eigenvalue weighted by Gasteiger charge is 2.29. The molecule has 0 saturated carbocycles. The summed E-state index contributed by atoms with van der Waals surface area (Å²) >= 11 is 0. The molecule has 6 nitrogen and oxygen atoms in total. The Labute approximate surface area is 173 Å². The average Bonchev–Trinajstić information content (AvgIpc) is 3.12. The number of likely N-dealkylation sites (tertiary alicyclic amines) is 1. The fourth-order valence-corrected chi connectivity index (χ4v) is 4.53. The van der Waals surface area contributed by atoms with Crippen LogP contribution >= 0.6 is 0 Å². The molecule has 1 fully saturated rings. The molecule has 1 unspecified atom stereocenters. The summed E-state index contributed by atoms with van der Waals surface area (Å²) in [6.45, 7) is 0.627. The van der Waals surface area contributed by atoms with Crippen LogP contribution in [0, 0.1) is 0 Å². The molecular weight excluding hydrogens is 419 g/mol. The minimum Gasteiger partial charge on any atom is -0.343 e. The van der Waals surface area contributed by atoms with Crippen LogP contribution in [-0.4, -0.2) is 51.1 Å². The Balaban J connectivity index is 1.56. The van der Waals surface area contributed by atoms with Gasteiger partial charge in [-0.2, -0.15) is 13.2 Å². The van der Waals surface area contributed by atoms with Crippen molar-refractivity contribution in [3.8, 4) is 0 Å². The summed E-state index contributed by atoms with van der Waals surface area (Å²) in [6, 6.07) is 14.4. The second-order valence-corrected chi connectivity index (χ2v) is 8.86. The van der Waals surface area contributed by atoms with E-state index in [1.807, 2.05) is 30.3 Å². The molecule has 1 aliphatic rings. The molecule has 0 aromatic heterocycles. The minimum atomic E-state index is -4.52. The van der Waals surface area contributed by atoms with Gasteiger partial charge < -0.3 is 5.32 Å². The number of sulfonamides is 1. The number of nitrogens with zero attached hydrogens (tertiary/aromatic N) is 1. The molecule has 1 saturated heterocycles. The predicted octanol–water partition coefficient (Wildman–Crippen LogP) is 2.53. The van der Waals surface area contributed by atoms with Crippen LogP contribution in [0.1, 0.15) is 22.3 Å². The first-order valence-corrected chi connectivity index (χ1v) is 10.8. The van der Waals surface area contributed by atoms with Gasteiger partial charge in [0.25, 0.3) is 5.91 Å². The Morgan fingerprint density at radius 1 is 1.07 bits per heavy atom. The van der Waals surface area contributed by atoms with E-state index in [-0.39, 0.29) is 16.5 Å². The van der Waals surface area contributed by atoms with E-state index >= 15 is 0 Å². The summed E-state index contributed by atoms with van der Waals surface area (Å²) in [4.78, 5) is 13.9. The second-order valence-electron chi connectivity index (χ2n) is 7.15. The first-order valence-electron chi connectivity index (χ1n) is 9.36. The van der Waals surface area contributed by atoms with E-state index in [9.17, 15) is 26.4 Å². The molecule has 0 aliphatic carbocycles. The van der Waals surface area contributed by atoms with E-state index in [0.717, 1.165) is 18.7 Å². The first-order chi connectivity index (χ1) is 14.1. The molecule has 0 bridgehead atoms. The number of carbonyl (C=O) groups is 1. The summed E-state index contributed by atoms with van der Waals surface area (Å²) in [7, 11) is -3.81. The second kappa shape index (κ2) is 9.15. The van der Waals surface area contributed by atoms with Gasteiger partial charge in [-0.1, -0.05) is 30.3 Å². The molecule has 2 aromatic carbocycles. The predicted molar refractivity (Wildman–Crippen MR) is 105 cm³/mol. The van der Waals surface area contributed by atoms with Gasteiger partial charge in [-0.25, -0.2) is 13.1 Å². The number of hydrogen-bond acceptors (Lipinski definition) is 4. The molecule has 0 radical (unpaired) electrons. The zero-order chi connectivity index (χ0) is 21.8. The lowest BCUT2D eigenvalue weighted by Crippen LogP contribution is -2.37. The van der Waals surface area contributed by atoms with Gasteiger partial charge in [0.2, 0.25) is 10.0 Å². The van der Waals surface area contributed by atoms with Crippen LogP contribution in [0.2, 0.25) is 0 Å². The van der Waals surface area contributed by atoms with Gasteiger partial charge in [-0.15, -0.1) is 0 Å². The molecule has 2 aromatic rings. The SMILES string of the molecule is O=C(NCC(F)(F)F)c1ccc(S(=O)(=O)NC2CCN(Cc3ccccc3)C2)cc1. The normalized spacial score (nSPS) is 17.8. The Morgan fingerprint density at radius 2 is 1.73 bits per heavy atom. The van der Waals surface area contributed by atoms with E-state index in [2.05, 4.69) is 9.62 Å². The van der Waals surface area contributed by atoms with Crippen molar-refractivity contribution >= 4 is 15.9 Å². The van der Waals surface area contributed by atoms with Gasteiger partial charge in [-0.3, -0.25) is 9.69 Å². The molecule has 3 rings (SSSR count). The summed E-state index contributed by atoms with van der Waals surface area (Å²) < 4.78 is 64.5. The van der Waals surface area contributed by atoms with Crippen molar-refractivity contribution in [3.63, 3.8) is 0 Å². The Morgan fingerprint density at radius 3 is 2.37 bits per heavy atom. The van der Waals surface area contributed by atoms with Crippen molar-refractivity contribution in [2.75, 3.05) is 19.6 Å². The number of nitrogens with one attached hydrogen (secondary N) is 2. The quantitative estimate of drug-likeness (QED) is 0.692. The molecule has 162 valence electrons. The molecule has 30 heavy (non-hydrogen) atoms. The maximum atomic E-state index is 12.6. The third kappa shape index (κ3) is 6.28. The molecular formula is C20H22F3N3O3S. The van der Waals surface area contributed by atoms with Crippen molar-refractivity contribution in [3.05, 3.63) is 65.7 Å². The summed E-state index contributed by atoms with van der Waals surface area (Å²) in [5.41, 5.74) is 1.11. The highest BCUT2D eigenvalue weighted by atomic mass is 32.2. The number of carbonyl (C=O) groups excluding carboxylic acids is 1. The van der Waals surface area contributed by atoms with Crippen molar-refractivity contribution in [1.29, 1.82) is 0 Å². The van der Waals surface area contributed by atoms with E-state index in [1.165, 1.54) is 24.3 Å². The van der Waals surface area contributed by atoms with Crippen molar-refractivity contribution < 1.29 is 26.4 Å². The molecule has 2 N–H and O–H groups in total. The smallest absolute Gasteiger partial charge is 0.343 e. The fourth-order valence-electron chi connectivity index (χ4n) is 3.27. The first kappa shape index (κ1) is 22.3. The number of amides is 1. The van der Waals surface area contributed by atoms with Crippen molar-refractivity contribution in [1.82, 2.24) is 14.9 Å². The van der Waals surface area contributed by atoms with Gasteiger partial charge in [0.15, 0.2) is 0 Å².